The van der Waals surface area contributed by atoms with Gasteiger partial charge in [-0.2, -0.15) is 0 Å². The van der Waals surface area contributed by atoms with Crippen LogP contribution in [0, 0.1) is 11.8 Å². The maximum absolute atomic E-state index is 14.0. The van der Waals surface area contributed by atoms with Gasteiger partial charge in [-0.1, -0.05) is 68.5 Å². The van der Waals surface area contributed by atoms with Gasteiger partial charge in [-0.3, -0.25) is 9.32 Å². The van der Waals surface area contributed by atoms with E-state index in [4.69, 9.17) is 19.3 Å². The zero-order valence-corrected chi connectivity index (χ0v) is 28.9. The fraction of sp³-hybridized carbons (Fsp3) is 0.600. The van der Waals surface area contributed by atoms with E-state index in [-0.39, 0.29) is 32.0 Å². The van der Waals surface area contributed by atoms with Gasteiger partial charge >= 0.3 is 13.9 Å². The van der Waals surface area contributed by atoms with E-state index in [0.717, 1.165) is 42.4 Å². The first-order valence-electron chi connectivity index (χ1n) is 16.8. The molecule has 2 aromatic rings. The van der Waals surface area contributed by atoms with Crippen LogP contribution in [0.3, 0.4) is 0 Å². The van der Waals surface area contributed by atoms with Gasteiger partial charge in [0, 0.05) is 12.3 Å². The largest absolute Gasteiger partial charge is 0.491 e. The van der Waals surface area contributed by atoms with Crippen LogP contribution in [0.4, 0.5) is 4.79 Å². The minimum Gasteiger partial charge on any atom is -0.491 e. The number of phosphoric ester groups is 1. The van der Waals surface area contributed by atoms with Crippen LogP contribution in [0.2, 0.25) is 0 Å². The molecule has 4 rings (SSSR count). The highest BCUT2D eigenvalue weighted by Crippen LogP contribution is 2.35. The minimum absolute atomic E-state index is 0.0570. The van der Waals surface area contributed by atoms with Crippen LogP contribution in [-0.4, -0.2) is 69.1 Å². The third kappa shape index (κ3) is 12.2. The number of aliphatic hydroxyl groups excluding tert-OH is 2. The highest BCUT2D eigenvalue weighted by molar-refractivity contribution is 7.46. The molecule has 1 fully saturated rings. The smallest absolute Gasteiger partial charge is 0.469 e. The Bertz CT molecular complexity index is 1390. The number of hydrogen-bond donors (Lipinski definition) is 6. The van der Waals surface area contributed by atoms with Crippen LogP contribution in [0.25, 0.3) is 0 Å². The lowest BCUT2D eigenvalue weighted by molar-refractivity contribution is -0.127. The normalized spacial score (nSPS) is 20.3. The van der Waals surface area contributed by atoms with E-state index in [9.17, 15) is 24.4 Å². The first-order valence-corrected chi connectivity index (χ1v) is 18.4. The van der Waals surface area contributed by atoms with E-state index in [2.05, 4.69) is 15.2 Å². The molecule has 48 heavy (non-hydrogen) atoms. The predicted molar refractivity (Wildman–Crippen MR) is 179 cm³/mol. The molecular formula is C35H51N2O10P. The Morgan fingerprint density at radius 1 is 1.00 bits per heavy atom. The number of ether oxygens (including phenoxy) is 2. The van der Waals surface area contributed by atoms with Crippen molar-refractivity contribution in [2.75, 3.05) is 13.2 Å². The lowest BCUT2D eigenvalue weighted by Crippen LogP contribution is -2.48. The van der Waals surface area contributed by atoms with E-state index in [0.29, 0.717) is 24.5 Å². The summed E-state index contributed by atoms with van der Waals surface area (Å²) in [5.74, 6) is -0.240. The van der Waals surface area contributed by atoms with Crippen LogP contribution in [0.15, 0.2) is 48.5 Å². The van der Waals surface area contributed by atoms with Gasteiger partial charge in [0.1, 0.15) is 18.0 Å². The van der Waals surface area contributed by atoms with Crippen molar-refractivity contribution in [3.8, 4) is 5.75 Å². The molecule has 0 radical (unpaired) electrons. The van der Waals surface area contributed by atoms with Gasteiger partial charge in [-0.25, -0.2) is 9.36 Å². The summed E-state index contributed by atoms with van der Waals surface area (Å²) in [4.78, 5) is 44.5. The third-order valence-corrected chi connectivity index (χ3v) is 9.41. The number of rotatable bonds is 15. The van der Waals surface area contributed by atoms with Crippen molar-refractivity contribution in [3.63, 3.8) is 0 Å². The van der Waals surface area contributed by atoms with E-state index >= 15 is 0 Å². The Labute approximate surface area is 282 Å². The van der Waals surface area contributed by atoms with Gasteiger partial charge < -0.3 is 40.1 Å². The molecule has 2 amide bonds. The van der Waals surface area contributed by atoms with E-state index < -0.39 is 49.7 Å². The lowest BCUT2D eigenvalue weighted by Gasteiger charge is -2.32. The molecule has 5 atom stereocenters. The molecule has 0 bridgehead atoms. The number of fused-ring (bicyclic) bond motifs is 1. The lowest BCUT2D eigenvalue weighted by atomic mass is 9.82. The summed E-state index contributed by atoms with van der Waals surface area (Å²) in [5.41, 5.74) is 1.91. The van der Waals surface area contributed by atoms with Crippen molar-refractivity contribution < 1.29 is 48.2 Å². The van der Waals surface area contributed by atoms with Crippen molar-refractivity contribution >= 4 is 19.8 Å². The Morgan fingerprint density at radius 3 is 2.35 bits per heavy atom. The molecule has 0 saturated heterocycles. The van der Waals surface area contributed by atoms with Gasteiger partial charge in [0.2, 0.25) is 5.91 Å². The zero-order valence-electron chi connectivity index (χ0n) is 28.0. The summed E-state index contributed by atoms with van der Waals surface area (Å²) in [7, 11) is -4.58. The molecule has 0 unspecified atom stereocenters. The molecular weight excluding hydrogens is 639 g/mol. The van der Waals surface area contributed by atoms with Crippen LogP contribution in [-0.2, 0) is 31.5 Å². The Kier molecular flexibility index (Phi) is 13.5. The summed E-state index contributed by atoms with van der Waals surface area (Å²) in [6, 6.07) is 13.3. The zero-order chi connectivity index (χ0) is 34.9. The average molecular weight is 691 g/mol. The predicted octanol–water partition coefficient (Wildman–Crippen LogP) is 4.72. The summed E-state index contributed by atoms with van der Waals surface area (Å²) >= 11 is 0. The van der Waals surface area contributed by atoms with Crippen molar-refractivity contribution in [1.82, 2.24) is 10.6 Å². The van der Waals surface area contributed by atoms with Crippen LogP contribution in [0.5, 0.6) is 5.75 Å². The number of amides is 2. The molecule has 0 aliphatic heterocycles. The second kappa shape index (κ2) is 17.1. The first kappa shape index (κ1) is 37.8. The van der Waals surface area contributed by atoms with Gasteiger partial charge in [0.25, 0.3) is 0 Å². The molecule has 12 nitrogen and oxygen atoms in total. The molecule has 2 aromatic carbocycles. The standard InChI is InChI=1S/C35H51N2O10P/c1-35(2,3)47-34(41)36-29(20-23-9-5-4-6-10-23)30(38)22-26(33(40)37-32-28-12-8-7-11-25(28)21-31(32)39)19-24-13-15-27(16-14-24)45-17-18-46-48(42,43)44/h7-8,11-16,23,26,29-32,38-39H,4-6,9-10,17-22H2,1-3H3,(H,36,41)(H,37,40)(H2,42,43,44)/t26-,29+,30+,31-,32+/m1/s1. The fourth-order valence-electron chi connectivity index (χ4n) is 6.63. The molecule has 0 spiro atoms. The topological polar surface area (TPSA) is 184 Å². The third-order valence-electron chi connectivity index (χ3n) is 8.89. The van der Waals surface area contributed by atoms with E-state index in [1.54, 1.807) is 45.0 Å². The highest BCUT2D eigenvalue weighted by Gasteiger charge is 2.36. The number of alkyl carbamates (subject to hydrolysis) is 1. The highest BCUT2D eigenvalue weighted by atomic mass is 31.2. The molecule has 2 aliphatic rings. The van der Waals surface area contributed by atoms with Gasteiger partial charge in [0.05, 0.1) is 30.9 Å². The number of phosphoric acid groups is 1. The van der Waals surface area contributed by atoms with Crippen LogP contribution >= 0.6 is 7.82 Å². The van der Waals surface area contributed by atoms with Crippen molar-refractivity contribution in [1.29, 1.82) is 0 Å². The average Bonchev–Trinajstić information content (AvgIpc) is 3.32. The number of hydrogen-bond acceptors (Lipinski definition) is 8. The van der Waals surface area contributed by atoms with Crippen molar-refractivity contribution in [3.05, 3.63) is 65.2 Å². The molecule has 2 aliphatic carbocycles. The number of benzene rings is 2. The summed E-state index contributed by atoms with van der Waals surface area (Å²) in [6.07, 6.45) is 4.29. The summed E-state index contributed by atoms with van der Waals surface area (Å²) in [5, 5.41) is 28.5. The van der Waals surface area contributed by atoms with Crippen molar-refractivity contribution in [2.24, 2.45) is 11.8 Å². The Morgan fingerprint density at radius 2 is 1.69 bits per heavy atom. The quantitative estimate of drug-likeness (QED) is 0.113. The minimum atomic E-state index is -4.58. The number of nitrogens with one attached hydrogen (secondary N) is 2. The molecule has 0 aromatic heterocycles. The molecule has 6 N–H and O–H groups in total. The molecule has 0 heterocycles. The number of aliphatic hydroxyl groups is 2. The van der Waals surface area contributed by atoms with Crippen molar-refractivity contribution in [2.45, 2.75) is 108 Å². The monoisotopic (exact) mass is 690 g/mol. The molecule has 1 saturated carbocycles. The Balaban J connectivity index is 1.51. The maximum Gasteiger partial charge on any atom is 0.469 e. The fourth-order valence-corrected chi connectivity index (χ4v) is 6.95. The van der Waals surface area contributed by atoms with Crippen LogP contribution in [0.1, 0.15) is 88.4 Å². The first-order chi connectivity index (χ1) is 22.7. The number of carbonyl (C=O) groups is 2. The number of carbonyl (C=O) groups excluding carboxylic acids is 2. The second-order valence-corrected chi connectivity index (χ2v) is 15.2. The SMILES string of the molecule is CC(C)(C)OC(=O)N[C@@H](CC1CCCCC1)[C@@H](O)C[C@@H](Cc1ccc(OCCOP(=O)(O)O)cc1)C(=O)N[C@H]1c2ccccc2C[C@H]1O. The summed E-state index contributed by atoms with van der Waals surface area (Å²) < 4.78 is 26.3. The van der Waals surface area contributed by atoms with Gasteiger partial charge in [-0.15, -0.1) is 0 Å². The van der Waals surface area contributed by atoms with Gasteiger partial charge in [-0.05, 0) is 74.8 Å². The van der Waals surface area contributed by atoms with E-state index in [1.165, 1.54) is 6.42 Å². The molecule has 266 valence electrons. The second-order valence-electron chi connectivity index (χ2n) is 14.0. The van der Waals surface area contributed by atoms with Crippen LogP contribution < -0.4 is 15.4 Å². The summed E-state index contributed by atoms with van der Waals surface area (Å²) in [6.45, 7) is 4.98. The molecule has 13 heteroatoms. The maximum atomic E-state index is 14.0. The van der Waals surface area contributed by atoms with E-state index in [1.807, 2.05) is 24.3 Å². The Hall–Kier alpha value is -2.99. The van der Waals surface area contributed by atoms with Gasteiger partial charge in [0.15, 0.2) is 0 Å².